The fourth-order valence-electron chi connectivity index (χ4n) is 3.65. The Kier molecular flexibility index (Phi) is 5.48. The lowest BCUT2D eigenvalue weighted by atomic mass is 9.99. The van der Waals surface area contributed by atoms with E-state index >= 15 is 0 Å². The fraction of sp³-hybridized carbons (Fsp3) is 0.154. The monoisotopic (exact) mass is 396 g/mol. The van der Waals surface area contributed by atoms with Gasteiger partial charge in [0.1, 0.15) is 5.75 Å². The van der Waals surface area contributed by atoms with Gasteiger partial charge in [0.05, 0.1) is 23.9 Å². The number of methoxy groups -OCH3 is 1. The quantitative estimate of drug-likeness (QED) is 0.487. The molecule has 1 amide bonds. The van der Waals surface area contributed by atoms with E-state index in [2.05, 4.69) is 11.4 Å². The van der Waals surface area contributed by atoms with E-state index in [0.717, 1.165) is 44.6 Å². The highest BCUT2D eigenvalue weighted by Gasteiger charge is 2.16. The molecule has 1 heterocycles. The number of amides is 1. The number of nitrogens with one attached hydrogen (secondary N) is 1. The van der Waals surface area contributed by atoms with Crippen LogP contribution in [0.5, 0.6) is 5.75 Å². The van der Waals surface area contributed by atoms with Crippen LogP contribution in [0.2, 0.25) is 0 Å². The molecule has 0 radical (unpaired) electrons. The molecule has 4 rings (SSSR count). The van der Waals surface area contributed by atoms with Gasteiger partial charge in [-0.15, -0.1) is 0 Å². The second kappa shape index (κ2) is 8.37. The number of hydrogen-bond donors (Lipinski definition) is 1. The van der Waals surface area contributed by atoms with Gasteiger partial charge < -0.3 is 10.1 Å². The van der Waals surface area contributed by atoms with Crippen molar-refractivity contribution in [3.05, 3.63) is 95.1 Å². The second-order valence-electron chi connectivity index (χ2n) is 7.43. The Hall–Kier alpha value is -3.66. The van der Waals surface area contributed by atoms with Crippen molar-refractivity contribution in [1.29, 1.82) is 0 Å². The predicted molar refractivity (Wildman–Crippen MR) is 121 cm³/mol. The number of aromatic nitrogens is 1. The molecule has 0 spiro atoms. The Morgan fingerprint density at radius 3 is 2.40 bits per heavy atom. The van der Waals surface area contributed by atoms with Gasteiger partial charge >= 0.3 is 0 Å². The van der Waals surface area contributed by atoms with Gasteiger partial charge in [0.2, 0.25) is 0 Å². The number of carbonyl (C=O) groups is 1. The number of nitrogens with zero attached hydrogens (tertiary/aromatic N) is 1. The second-order valence-corrected chi connectivity index (χ2v) is 7.43. The Bertz CT molecular complexity index is 1200. The van der Waals surface area contributed by atoms with E-state index in [1.807, 2.05) is 80.6 Å². The maximum atomic E-state index is 13.2. The highest BCUT2D eigenvalue weighted by atomic mass is 16.5. The van der Waals surface area contributed by atoms with Gasteiger partial charge in [0, 0.05) is 17.5 Å². The molecule has 0 aliphatic carbocycles. The van der Waals surface area contributed by atoms with Crippen molar-refractivity contribution in [2.75, 3.05) is 7.11 Å². The zero-order valence-electron chi connectivity index (χ0n) is 17.4. The molecular formula is C26H24N2O2. The number of aryl methyl sites for hydroxylation is 2. The van der Waals surface area contributed by atoms with E-state index in [0.29, 0.717) is 12.1 Å². The van der Waals surface area contributed by atoms with Crippen LogP contribution in [0.1, 0.15) is 27.0 Å². The molecule has 4 aromatic rings. The Labute approximate surface area is 176 Å². The van der Waals surface area contributed by atoms with Crippen molar-refractivity contribution in [1.82, 2.24) is 10.3 Å². The summed E-state index contributed by atoms with van der Waals surface area (Å²) in [5, 5.41) is 3.93. The van der Waals surface area contributed by atoms with E-state index in [9.17, 15) is 4.79 Å². The largest absolute Gasteiger partial charge is 0.497 e. The van der Waals surface area contributed by atoms with Crippen LogP contribution in [-0.2, 0) is 6.54 Å². The third kappa shape index (κ3) is 4.03. The normalized spacial score (nSPS) is 10.8. The average Bonchev–Trinajstić information content (AvgIpc) is 2.77. The van der Waals surface area contributed by atoms with Gasteiger partial charge in [0.15, 0.2) is 0 Å². The van der Waals surface area contributed by atoms with Crippen molar-refractivity contribution < 1.29 is 9.53 Å². The molecule has 0 saturated heterocycles. The predicted octanol–water partition coefficient (Wildman–Crippen LogP) is 5.46. The summed E-state index contributed by atoms with van der Waals surface area (Å²) in [4.78, 5) is 18.1. The Balaban J connectivity index is 1.78. The summed E-state index contributed by atoms with van der Waals surface area (Å²) in [6.45, 7) is 4.55. The van der Waals surface area contributed by atoms with E-state index in [4.69, 9.17) is 9.72 Å². The molecule has 3 aromatic carbocycles. The first kappa shape index (κ1) is 19.6. The van der Waals surface area contributed by atoms with E-state index < -0.39 is 0 Å². The van der Waals surface area contributed by atoms with Gasteiger partial charge in [-0.05, 0) is 61.4 Å². The molecule has 150 valence electrons. The molecule has 0 fully saturated rings. The zero-order chi connectivity index (χ0) is 21.1. The van der Waals surface area contributed by atoms with Crippen molar-refractivity contribution in [2.45, 2.75) is 20.4 Å². The van der Waals surface area contributed by atoms with Crippen LogP contribution in [0.15, 0.2) is 72.8 Å². The molecule has 0 aliphatic heterocycles. The number of benzene rings is 3. The first-order valence-corrected chi connectivity index (χ1v) is 9.93. The van der Waals surface area contributed by atoms with Crippen LogP contribution in [0.4, 0.5) is 0 Å². The number of hydrogen-bond acceptors (Lipinski definition) is 3. The van der Waals surface area contributed by atoms with Crippen LogP contribution < -0.4 is 10.1 Å². The number of pyridine rings is 1. The maximum absolute atomic E-state index is 13.2. The van der Waals surface area contributed by atoms with Gasteiger partial charge in [-0.25, -0.2) is 4.98 Å². The highest BCUT2D eigenvalue weighted by Crippen LogP contribution is 2.29. The number of carbonyl (C=O) groups excluding carboxylic acids is 1. The Morgan fingerprint density at radius 2 is 1.70 bits per heavy atom. The van der Waals surface area contributed by atoms with E-state index in [-0.39, 0.29) is 5.91 Å². The van der Waals surface area contributed by atoms with Crippen LogP contribution in [0.25, 0.3) is 22.2 Å². The molecule has 1 aromatic heterocycles. The smallest absolute Gasteiger partial charge is 0.252 e. The maximum Gasteiger partial charge on any atom is 0.252 e. The van der Waals surface area contributed by atoms with Gasteiger partial charge in [0.25, 0.3) is 5.91 Å². The summed E-state index contributed by atoms with van der Waals surface area (Å²) < 4.78 is 5.26. The number of ether oxygens (including phenoxy) is 1. The topological polar surface area (TPSA) is 51.2 Å². The van der Waals surface area contributed by atoms with E-state index in [1.165, 1.54) is 0 Å². The lowest BCUT2D eigenvalue weighted by molar-refractivity contribution is 0.0952. The molecule has 1 N–H and O–H groups in total. The lowest BCUT2D eigenvalue weighted by Gasteiger charge is -2.13. The summed E-state index contributed by atoms with van der Waals surface area (Å²) in [6, 6.07) is 23.6. The SMILES string of the molecule is COc1ccc(-c2cc(C(=O)NCc3ccccc3)c3cc(C)cc(C)c3n2)cc1. The van der Waals surface area contributed by atoms with Gasteiger partial charge in [-0.2, -0.15) is 0 Å². The average molecular weight is 396 g/mol. The van der Waals surface area contributed by atoms with Crippen LogP contribution in [0, 0.1) is 13.8 Å². The number of rotatable bonds is 5. The highest BCUT2D eigenvalue weighted by molar-refractivity contribution is 6.08. The lowest BCUT2D eigenvalue weighted by Crippen LogP contribution is -2.23. The molecule has 0 saturated carbocycles. The summed E-state index contributed by atoms with van der Waals surface area (Å²) in [7, 11) is 1.64. The summed E-state index contributed by atoms with van der Waals surface area (Å²) in [6.07, 6.45) is 0. The first-order valence-electron chi connectivity index (χ1n) is 9.93. The molecule has 30 heavy (non-hydrogen) atoms. The standard InChI is InChI=1S/C26H24N2O2/c1-17-13-18(2)25-22(14-17)23(26(29)27-16-19-7-5-4-6-8-19)15-24(28-25)20-9-11-21(30-3)12-10-20/h4-15H,16H2,1-3H3,(H,27,29). The molecule has 0 unspecified atom stereocenters. The number of fused-ring (bicyclic) bond motifs is 1. The third-order valence-corrected chi connectivity index (χ3v) is 5.17. The van der Waals surface area contributed by atoms with E-state index in [1.54, 1.807) is 7.11 Å². The molecule has 0 atom stereocenters. The summed E-state index contributed by atoms with van der Waals surface area (Å²) in [5.41, 5.74) is 6.41. The van der Waals surface area contributed by atoms with Crippen molar-refractivity contribution in [3.8, 4) is 17.0 Å². The van der Waals surface area contributed by atoms with Gasteiger partial charge in [-0.3, -0.25) is 4.79 Å². The molecule has 0 bridgehead atoms. The molecule has 4 nitrogen and oxygen atoms in total. The zero-order valence-corrected chi connectivity index (χ0v) is 17.4. The molecule has 4 heteroatoms. The van der Waals surface area contributed by atoms with Gasteiger partial charge in [-0.1, -0.05) is 42.0 Å². The van der Waals surface area contributed by atoms with Crippen LogP contribution in [-0.4, -0.2) is 18.0 Å². The minimum absolute atomic E-state index is 0.106. The van der Waals surface area contributed by atoms with Crippen molar-refractivity contribution >= 4 is 16.8 Å². The molecule has 0 aliphatic rings. The minimum Gasteiger partial charge on any atom is -0.497 e. The van der Waals surface area contributed by atoms with Crippen LogP contribution in [0.3, 0.4) is 0 Å². The summed E-state index contributed by atoms with van der Waals surface area (Å²) >= 11 is 0. The van der Waals surface area contributed by atoms with Crippen LogP contribution >= 0.6 is 0 Å². The first-order chi connectivity index (χ1) is 14.5. The molecular weight excluding hydrogens is 372 g/mol. The van der Waals surface area contributed by atoms with Crippen molar-refractivity contribution in [2.24, 2.45) is 0 Å². The summed E-state index contributed by atoms with van der Waals surface area (Å²) in [5.74, 6) is 0.679. The van der Waals surface area contributed by atoms with Crippen molar-refractivity contribution in [3.63, 3.8) is 0 Å². The minimum atomic E-state index is -0.106. The fourth-order valence-corrected chi connectivity index (χ4v) is 3.65. The Morgan fingerprint density at radius 1 is 0.967 bits per heavy atom. The third-order valence-electron chi connectivity index (χ3n) is 5.17.